The Morgan fingerprint density at radius 3 is 2.16 bits per heavy atom. The lowest BCUT2D eigenvalue weighted by molar-refractivity contribution is -0.134. The van der Waals surface area contributed by atoms with Crippen LogP contribution in [0.2, 0.25) is 0 Å². The molecule has 4 nitrogen and oxygen atoms in total. The SMILES string of the molecule is CCCc1cc(=O)oc2cc(OC(=O)CC(c3ccccc3)c3ccccc3)ccc12. The summed E-state index contributed by atoms with van der Waals surface area (Å²) in [5, 5.41) is 0.868. The number of hydrogen-bond acceptors (Lipinski definition) is 4. The number of benzene rings is 3. The maximum absolute atomic E-state index is 12.8. The van der Waals surface area contributed by atoms with E-state index >= 15 is 0 Å². The van der Waals surface area contributed by atoms with Crippen LogP contribution in [0, 0.1) is 0 Å². The quantitative estimate of drug-likeness (QED) is 0.216. The van der Waals surface area contributed by atoms with Crippen molar-refractivity contribution in [3.63, 3.8) is 0 Å². The number of fused-ring (bicyclic) bond motifs is 1. The van der Waals surface area contributed by atoms with Gasteiger partial charge in [0, 0.05) is 23.4 Å². The lowest BCUT2D eigenvalue weighted by Gasteiger charge is -2.17. The molecule has 0 unspecified atom stereocenters. The van der Waals surface area contributed by atoms with Crippen molar-refractivity contribution in [1.82, 2.24) is 0 Å². The van der Waals surface area contributed by atoms with Crippen molar-refractivity contribution in [3.05, 3.63) is 112 Å². The van der Waals surface area contributed by atoms with Crippen LogP contribution in [0.4, 0.5) is 0 Å². The first kappa shape index (κ1) is 20.6. The summed E-state index contributed by atoms with van der Waals surface area (Å²) in [5.74, 6) is -0.0808. The molecule has 156 valence electrons. The monoisotopic (exact) mass is 412 g/mol. The predicted octanol–water partition coefficient (Wildman–Crippen LogP) is 5.87. The van der Waals surface area contributed by atoms with E-state index in [9.17, 15) is 9.59 Å². The zero-order valence-electron chi connectivity index (χ0n) is 17.4. The average molecular weight is 412 g/mol. The van der Waals surface area contributed by atoms with Crippen LogP contribution < -0.4 is 10.4 Å². The number of carbonyl (C=O) groups excluding carboxylic acids is 1. The van der Waals surface area contributed by atoms with E-state index in [1.807, 2.05) is 66.7 Å². The Kier molecular flexibility index (Phi) is 6.27. The van der Waals surface area contributed by atoms with Crippen molar-refractivity contribution in [3.8, 4) is 5.75 Å². The van der Waals surface area contributed by atoms with Gasteiger partial charge < -0.3 is 9.15 Å². The molecule has 0 N–H and O–H groups in total. The molecule has 0 aliphatic rings. The number of aryl methyl sites for hydroxylation is 1. The molecule has 0 fully saturated rings. The van der Waals surface area contributed by atoms with Gasteiger partial charge in [0.25, 0.3) is 0 Å². The van der Waals surface area contributed by atoms with E-state index in [0.29, 0.717) is 11.3 Å². The molecule has 4 heteroatoms. The lowest BCUT2D eigenvalue weighted by Crippen LogP contribution is -2.14. The van der Waals surface area contributed by atoms with Crippen LogP contribution >= 0.6 is 0 Å². The largest absolute Gasteiger partial charge is 0.426 e. The normalized spacial score (nSPS) is 11.0. The summed E-state index contributed by atoms with van der Waals surface area (Å²) in [7, 11) is 0. The summed E-state index contributed by atoms with van der Waals surface area (Å²) >= 11 is 0. The van der Waals surface area contributed by atoms with Crippen molar-refractivity contribution in [1.29, 1.82) is 0 Å². The van der Waals surface area contributed by atoms with Crippen molar-refractivity contribution in [2.24, 2.45) is 0 Å². The van der Waals surface area contributed by atoms with Gasteiger partial charge in [0.1, 0.15) is 11.3 Å². The first-order valence-corrected chi connectivity index (χ1v) is 10.5. The van der Waals surface area contributed by atoms with Gasteiger partial charge in [-0.25, -0.2) is 4.79 Å². The highest BCUT2D eigenvalue weighted by molar-refractivity contribution is 5.83. The maximum atomic E-state index is 12.8. The fraction of sp³-hybridized carbons (Fsp3) is 0.185. The van der Waals surface area contributed by atoms with E-state index < -0.39 is 5.63 Å². The molecule has 0 aliphatic carbocycles. The van der Waals surface area contributed by atoms with Crippen LogP contribution in [-0.2, 0) is 11.2 Å². The van der Waals surface area contributed by atoms with Gasteiger partial charge in [-0.2, -0.15) is 0 Å². The van der Waals surface area contributed by atoms with Crippen LogP contribution in [-0.4, -0.2) is 5.97 Å². The molecule has 0 aliphatic heterocycles. The van der Waals surface area contributed by atoms with E-state index in [2.05, 4.69) is 6.92 Å². The molecule has 4 aromatic rings. The molecule has 0 saturated carbocycles. The second kappa shape index (κ2) is 9.43. The first-order chi connectivity index (χ1) is 15.1. The van der Waals surface area contributed by atoms with Crippen molar-refractivity contribution in [2.75, 3.05) is 0 Å². The molecule has 0 radical (unpaired) electrons. The van der Waals surface area contributed by atoms with Crippen LogP contribution in [0.25, 0.3) is 11.0 Å². The van der Waals surface area contributed by atoms with Crippen LogP contribution in [0.1, 0.15) is 42.4 Å². The molecule has 0 bridgehead atoms. The molecular formula is C27H24O4. The number of esters is 1. The summed E-state index contributed by atoms with van der Waals surface area (Å²) in [6, 6.07) is 26.6. The molecular weight excluding hydrogens is 388 g/mol. The Bertz CT molecular complexity index is 1190. The molecule has 0 spiro atoms. The van der Waals surface area contributed by atoms with Gasteiger partial charge >= 0.3 is 11.6 Å². The number of ether oxygens (including phenoxy) is 1. The Balaban J connectivity index is 1.58. The van der Waals surface area contributed by atoms with E-state index in [-0.39, 0.29) is 18.3 Å². The number of carbonyl (C=O) groups is 1. The number of hydrogen-bond donors (Lipinski definition) is 0. The molecule has 0 atom stereocenters. The summed E-state index contributed by atoms with van der Waals surface area (Å²) in [4.78, 5) is 24.7. The van der Waals surface area contributed by atoms with E-state index in [1.54, 1.807) is 12.1 Å². The maximum Gasteiger partial charge on any atom is 0.336 e. The third-order valence-corrected chi connectivity index (χ3v) is 5.33. The van der Waals surface area contributed by atoms with Gasteiger partial charge in [0.05, 0.1) is 6.42 Å². The summed E-state index contributed by atoms with van der Waals surface area (Å²) in [6.07, 6.45) is 1.92. The molecule has 1 heterocycles. The minimum absolute atomic E-state index is 0.107. The van der Waals surface area contributed by atoms with Gasteiger partial charge in [-0.05, 0) is 35.2 Å². The van der Waals surface area contributed by atoms with E-state index in [1.165, 1.54) is 6.07 Å². The van der Waals surface area contributed by atoms with Gasteiger partial charge in [-0.3, -0.25) is 4.79 Å². The fourth-order valence-electron chi connectivity index (χ4n) is 3.89. The van der Waals surface area contributed by atoms with E-state index in [0.717, 1.165) is 34.9 Å². The third-order valence-electron chi connectivity index (χ3n) is 5.33. The fourth-order valence-corrected chi connectivity index (χ4v) is 3.89. The Hall–Kier alpha value is -3.66. The minimum Gasteiger partial charge on any atom is -0.426 e. The van der Waals surface area contributed by atoms with Gasteiger partial charge in [0.2, 0.25) is 0 Å². The van der Waals surface area contributed by atoms with Crippen LogP contribution in [0.3, 0.4) is 0 Å². The first-order valence-electron chi connectivity index (χ1n) is 10.5. The van der Waals surface area contributed by atoms with E-state index in [4.69, 9.17) is 9.15 Å². The highest BCUT2D eigenvalue weighted by Crippen LogP contribution is 2.29. The second-order valence-corrected chi connectivity index (χ2v) is 7.55. The van der Waals surface area contributed by atoms with Crippen molar-refractivity contribution in [2.45, 2.75) is 32.1 Å². The van der Waals surface area contributed by atoms with Crippen molar-refractivity contribution < 1.29 is 13.9 Å². The topological polar surface area (TPSA) is 56.5 Å². The molecule has 4 rings (SSSR count). The summed E-state index contributed by atoms with van der Waals surface area (Å²) < 4.78 is 11.0. The van der Waals surface area contributed by atoms with Gasteiger partial charge in [-0.1, -0.05) is 74.0 Å². The Morgan fingerprint density at radius 1 is 0.903 bits per heavy atom. The standard InChI is InChI=1S/C27H24O4/c1-2-9-21-16-26(28)31-25-17-22(14-15-23(21)25)30-27(29)18-24(19-10-5-3-6-11-19)20-12-7-4-8-13-20/h3-8,10-17,24H,2,9,18H2,1H3. The summed E-state index contributed by atoms with van der Waals surface area (Å²) in [5.41, 5.74) is 3.09. The molecule has 31 heavy (non-hydrogen) atoms. The van der Waals surface area contributed by atoms with Gasteiger partial charge in [0.15, 0.2) is 0 Å². The van der Waals surface area contributed by atoms with Crippen molar-refractivity contribution >= 4 is 16.9 Å². The Morgan fingerprint density at radius 2 is 1.55 bits per heavy atom. The minimum atomic E-state index is -0.396. The zero-order chi connectivity index (χ0) is 21.6. The number of rotatable bonds is 7. The average Bonchev–Trinajstić information content (AvgIpc) is 2.78. The highest BCUT2D eigenvalue weighted by atomic mass is 16.5. The molecule has 1 aromatic heterocycles. The lowest BCUT2D eigenvalue weighted by atomic mass is 9.88. The Labute approximate surface area is 181 Å². The van der Waals surface area contributed by atoms with Gasteiger partial charge in [-0.15, -0.1) is 0 Å². The third kappa shape index (κ3) is 4.92. The predicted molar refractivity (Wildman–Crippen MR) is 121 cm³/mol. The molecule has 0 amide bonds. The smallest absolute Gasteiger partial charge is 0.336 e. The molecule has 0 saturated heterocycles. The summed E-state index contributed by atoms with van der Waals surface area (Å²) in [6.45, 7) is 2.06. The van der Waals surface area contributed by atoms with Crippen LogP contribution in [0.15, 0.2) is 94.1 Å². The molecule has 3 aromatic carbocycles. The zero-order valence-corrected chi connectivity index (χ0v) is 17.4. The van der Waals surface area contributed by atoms with Crippen LogP contribution in [0.5, 0.6) is 5.75 Å². The highest BCUT2D eigenvalue weighted by Gasteiger charge is 2.20. The second-order valence-electron chi connectivity index (χ2n) is 7.55.